The number of nitrogens with one attached hydrogen (secondary N) is 1. The van der Waals surface area contributed by atoms with Crippen LogP contribution in [0.1, 0.15) is 59.3 Å². The van der Waals surface area contributed by atoms with Gasteiger partial charge in [-0.05, 0) is 65.8 Å². The van der Waals surface area contributed by atoms with Crippen LogP contribution in [0, 0.1) is 11.8 Å². The molecule has 0 aromatic heterocycles. The van der Waals surface area contributed by atoms with E-state index in [0.717, 1.165) is 51.6 Å². The number of hydrogen-bond acceptors (Lipinski definition) is 5. The lowest BCUT2D eigenvalue weighted by molar-refractivity contribution is -0.133. The molecule has 4 rings (SSSR count). The third kappa shape index (κ3) is 7.51. The van der Waals surface area contributed by atoms with Gasteiger partial charge in [0.25, 0.3) is 0 Å². The first-order valence-corrected chi connectivity index (χ1v) is 11.8. The first-order chi connectivity index (χ1) is 14.6. The highest BCUT2D eigenvalue weighted by Gasteiger charge is 2.38. The van der Waals surface area contributed by atoms with Gasteiger partial charge in [-0.3, -0.25) is 9.59 Å². The smallest absolute Gasteiger partial charge is 0.410 e. The zero-order valence-corrected chi connectivity index (χ0v) is 21.1. The summed E-state index contributed by atoms with van der Waals surface area (Å²) < 4.78 is 5.35. The number of halogens is 1. The first kappa shape index (κ1) is 26.7. The molecular formula is C23H41ClN4O4. The quantitative estimate of drug-likeness (QED) is 0.679. The van der Waals surface area contributed by atoms with Gasteiger partial charge in [-0.1, -0.05) is 0 Å². The van der Waals surface area contributed by atoms with Crippen molar-refractivity contribution in [3.63, 3.8) is 0 Å². The number of nitrogens with zero attached hydrogens (tertiary/aromatic N) is 3. The summed E-state index contributed by atoms with van der Waals surface area (Å²) in [7, 11) is 3.79. The Labute approximate surface area is 198 Å². The molecule has 4 aliphatic rings. The van der Waals surface area contributed by atoms with E-state index in [1.807, 2.05) is 44.7 Å². The number of ether oxygens (including phenoxy) is 1. The monoisotopic (exact) mass is 472 g/mol. The fourth-order valence-corrected chi connectivity index (χ4v) is 4.12. The lowest BCUT2D eigenvalue weighted by atomic mass is 10.2. The molecule has 1 N–H and O–H groups in total. The Bertz CT molecular complexity index is 669. The molecule has 184 valence electrons. The molecule has 32 heavy (non-hydrogen) atoms. The standard InChI is InChI=1S/C14H24N2O3.C9H16N2O.ClH/c1-14(2,3)19-13(18)16-8-7-11(9-16)15(4)12(17)10-5-6-10;1-11(8-4-5-10-6-8)9(12)7-2-3-7;/h10-11H,5-9H2,1-4H3;7-8,10H,2-6H2,1H3;1H/t11-;8-;/m00./s1. The summed E-state index contributed by atoms with van der Waals surface area (Å²) in [4.78, 5) is 41.0. The second-order valence-electron chi connectivity index (χ2n) is 10.5. The molecule has 0 unspecified atom stereocenters. The van der Waals surface area contributed by atoms with Crippen molar-refractivity contribution in [3.05, 3.63) is 0 Å². The first-order valence-electron chi connectivity index (χ1n) is 11.8. The summed E-state index contributed by atoms with van der Waals surface area (Å²) in [5.74, 6) is 1.20. The molecule has 0 aromatic carbocycles. The Morgan fingerprint density at radius 2 is 1.41 bits per heavy atom. The average molecular weight is 473 g/mol. The van der Waals surface area contributed by atoms with Crippen LogP contribution in [-0.4, -0.2) is 90.6 Å². The minimum Gasteiger partial charge on any atom is -0.444 e. The third-order valence-corrected chi connectivity index (χ3v) is 6.49. The van der Waals surface area contributed by atoms with Crippen molar-refractivity contribution in [2.24, 2.45) is 11.8 Å². The maximum absolute atomic E-state index is 12.0. The fraction of sp³-hybridized carbons (Fsp3) is 0.870. The van der Waals surface area contributed by atoms with Crippen molar-refractivity contribution >= 4 is 30.3 Å². The van der Waals surface area contributed by atoms with Gasteiger partial charge in [-0.2, -0.15) is 0 Å². The Kier molecular flexibility index (Phi) is 9.23. The van der Waals surface area contributed by atoms with Crippen LogP contribution in [0.25, 0.3) is 0 Å². The second-order valence-corrected chi connectivity index (χ2v) is 10.5. The summed E-state index contributed by atoms with van der Waals surface area (Å²) in [6.07, 6.45) is 5.95. The van der Waals surface area contributed by atoms with Gasteiger partial charge in [0.05, 0.1) is 6.04 Å². The average Bonchev–Trinajstić information content (AvgIpc) is 3.63. The van der Waals surface area contributed by atoms with Crippen molar-refractivity contribution in [1.82, 2.24) is 20.0 Å². The van der Waals surface area contributed by atoms with Crippen molar-refractivity contribution < 1.29 is 19.1 Å². The Balaban J connectivity index is 0.000000241. The minimum atomic E-state index is -0.467. The predicted molar refractivity (Wildman–Crippen MR) is 126 cm³/mol. The summed E-state index contributed by atoms with van der Waals surface area (Å²) in [6.45, 7) is 8.89. The zero-order chi connectivity index (χ0) is 22.8. The lowest BCUT2D eigenvalue weighted by Gasteiger charge is -2.26. The summed E-state index contributed by atoms with van der Waals surface area (Å²) >= 11 is 0. The van der Waals surface area contributed by atoms with Crippen LogP contribution < -0.4 is 5.32 Å². The number of likely N-dealkylation sites (N-methyl/N-ethyl adjacent to an activating group) is 2. The van der Waals surface area contributed by atoms with Crippen LogP contribution >= 0.6 is 12.4 Å². The van der Waals surface area contributed by atoms with Crippen LogP contribution in [0.5, 0.6) is 0 Å². The SMILES string of the molecule is CN(C(=O)C1CC1)[C@H]1CCN(C(=O)OC(C)(C)C)C1.CN(C(=O)C1CC1)[C@H]1CCNC1.Cl. The molecule has 0 spiro atoms. The van der Waals surface area contributed by atoms with Crippen LogP contribution in [0.3, 0.4) is 0 Å². The topological polar surface area (TPSA) is 82.2 Å². The highest BCUT2D eigenvalue weighted by molar-refractivity contribution is 5.85. The Morgan fingerprint density at radius 3 is 1.84 bits per heavy atom. The maximum Gasteiger partial charge on any atom is 0.410 e. The van der Waals surface area contributed by atoms with Gasteiger partial charge < -0.3 is 24.8 Å². The van der Waals surface area contributed by atoms with E-state index >= 15 is 0 Å². The molecule has 2 aliphatic carbocycles. The van der Waals surface area contributed by atoms with Crippen LogP contribution in [0.4, 0.5) is 4.79 Å². The molecule has 2 heterocycles. The van der Waals surface area contributed by atoms with Crippen molar-refractivity contribution in [3.8, 4) is 0 Å². The molecule has 8 nitrogen and oxygen atoms in total. The predicted octanol–water partition coefficient (Wildman–Crippen LogP) is 2.50. The molecule has 0 bridgehead atoms. The fourth-order valence-electron chi connectivity index (χ4n) is 4.12. The highest BCUT2D eigenvalue weighted by atomic mass is 35.5. The number of amides is 3. The zero-order valence-electron chi connectivity index (χ0n) is 20.3. The van der Waals surface area contributed by atoms with E-state index in [1.165, 1.54) is 0 Å². The molecule has 9 heteroatoms. The molecule has 0 radical (unpaired) electrons. The van der Waals surface area contributed by atoms with Crippen LogP contribution in [0.2, 0.25) is 0 Å². The third-order valence-electron chi connectivity index (χ3n) is 6.49. The van der Waals surface area contributed by atoms with E-state index in [2.05, 4.69) is 5.32 Å². The maximum atomic E-state index is 12.0. The number of rotatable bonds is 4. The number of carbonyl (C=O) groups excluding carboxylic acids is 3. The minimum absolute atomic E-state index is 0. The highest BCUT2D eigenvalue weighted by Crippen LogP contribution is 2.32. The van der Waals surface area contributed by atoms with Crippen LogP contribution in [0.15, 0.2) is 0 Å². The van der Waals surface area contributed by atoms with Crippen molar-refractivity contribution in [1.29, 1.82) is 0 Å². The molecule has 3 amide bonds. The van der Waals surface area contributed by atoms with Gasteiger partial charge in [-0.25, -0.2) is 4.79 Å². The molecule has 2 saturated heterocycles. The normalized spacial score (nSPS) is 24.7. The number of hydrogen-bond donors (Lipinski definition) is 1. The van der Waals surface area contributed by atoms with Gasteiger partial charge >= 0.3 is 6.09 Å². The lowest BCUT2D eigenvalue weighted by Crippen LogP contribution is -2.41. The van der Waals surface area contributed by atoms with Gasteiger partial charge in [0, 0.05) is 51.6 Å². The van der Waals surface area contributed by atoms with E-state index in [1.54, 1.807) is 4.90 Å². The molecule has 2 aliphatic heterocycles. The Hall–Kier alpha value is -1.54. The van der Waals surface area contributed by atoms with Crippen molar-refractivity contribution in [2.45, 2.75) is 77.0 Å². The number of likely N-dealkylation sites (tertiary alicyclic amines) is 1. The van der Waals surface area contributed by atoms with Gasteiger partial charge in [0.2, 0.25) is 11.8 Å². The van der Waals surface area contributed by atoms with E-state index in [0.29, 0.717) is 31.0 Å². The molecule has 2 atom stereocenters. The molecule has 0 aromatic rings. The van der Waals surface area contributed by atoms with E-state index < -0.39 is 5.60 Å². The summed E-state index contributed by atoms with van der Waals surface area (Å²) in [5.41, 5.74) is -0.467. The van der Waals surface area contributed by atoms with E-state index in [9.17, 15) is 14.4 Å². The van der Waals surface area contributed by atoms with Crippen LogP contribution in [-0.2, 0) is 14.3 Å². The van der Waals surface area contributed by atoms with E-state index in [-0.39, 0.29) is 36.4 Å². The largest absolute Gasteiger partial charge is 0.444 e. The molecular weight excluding hydrogens is 432 g/mol. The van der Waals surface area contributed by atoms with Crippen molar-refractivity contribution in [2.75, 3.05) is 40.3 Å². The van der Waals surface area contributed by atoms with Gasteiger partial charge in [0.15, 0.2) is 0 Å². The van der Waals surface area contributed by atoms with E-state index in [4.69, 9.17) is 4.74 Å². The second kappa shape index (κ2) is 11.1. The Morgan fingerprint density at radius 1 is 0.875 bits per heavy atom. The molecule has 2 saturated carbocycles. The number of carbonyl (C=O) groups is 3. The summed E-state index contributed by atoms with van der Waals surface area (Å²) in [6, 6.07) is 0.596. The summed E-state index contributed by atoms with van der Waals surface area (Å²) in [5, 5.41) is 3.27. The van der Waals surface area contributed by atoms with Gasteiger partial charge in [0.1, 0.15) is 5.60 Å². The van der Waals surface area contributed by atoms with Gasteiger partial charge in [-0.15, -0.1) is 12.4 Å². The molecule has 4 fully saturated rings.